The van der Waals surface area contributed by atoms with E-state index in [1.165, 1.54) is 22.3 Å². The summed E-state index contributed by atoms with van der Waals surface area (Å²) in [5.74, 6) is 5.47. The van der Waals surface area contributed by atoms with Gasteiger partial charge in [0.05, 0.1) is 0 Å². The summed E-state index contributed by atoms with van der Waals surface area (Å²) in [6.07, 6.45) is 0. The topological polar surface area (TPSA) is 86.6 Å². The van der Waals surface area contributed by atoms with Crippen molar-refractivity contribution in [3.8, 4) is 102 Å². The molecule has 0 saturated carbocycles. The summed E-state index contributed by atoms with van der Waals surface area (Å²) in [7, 11) is 0. The Labute approximate surface area is 397 Å². The van der Waals surface area contributed by atoms with Crippen LogP contribution in [0.25, 0.3) is 90.6 Å². The Balaban J connectivity index is 0.934. The number of benzene rings is 8. The summed E-state index contributed by atoms with van der Waals surface area (Å²) in [4.78, 5) is 29.9. The quantitative estimate of drug-likeness (QED) is 0.150. The van der Waals surface area contributed by atoms with Crippen LogP contribution in [0.15, 0.2) is 182 Å². The van der Waals surface area contributed by atoms with Crippen LogP contribution in [0, 0.1) is 27.7 Å². The molecule has 328 valence electrons. The highest BCUT2D eigenvalue weighted by Gasteiger charge is 2.37. The maximum Gasteiger partial charge on any atom is 0.164 e. The zero-order chi connectivity index (χ0) is 46.5. The first kappa shape index (κ1) is 42.2. The van der Waals surface area contributed by atoms with E-state index in [2.05, 4.69) is 224 Å². The molecule has 2 aromatic heterocycles. The van der Waals surface area contributed by atoms with Crippen LogP contribution in [-0.4, -0.2) is 29.9 Å². The highest BCUT2D eigenvalue weighted by atomic mass is 16.5. The maximum atomic E-state index is 7.14. The molecule has 0 spiro atoms. The van der Waals surface area contributed by atoms with Gasteiger partial charge in [-0.1, -0.05) is 218 Å². The Morgan fingerprint density at radius 2 is 0.500 bits per heavy atom. The molecule has 0 fully saturated rings. The van der Waals surface area contributed by atoms with Gasteiger partial charge >= 0.3 is 0 Å². The van der Waals surface area contributed by atoms with Crippen LogP contribution in [0.5, 0.6) is 11.5 Å². The van der Waals surface area contributed by atoms with Crippen molar-refractivity contribution in [2.24, 2.45) is 0 Å². The molecule has 0 amide bonds. The lowest BCUT2D eigenvalue weighted by molar-refractivity contribution is 0.421. The van der Waals surface area contributed by atoms with Gasteiger partial charge in [-0.05, 0) is 38.8 Å². The molecule has 10 aromatic rings. The molecule has 1 aliphatic heterocycles. The van der Waals surface area contributed by atoms with Crippen LogP contribution in [-0.2, 0) is 5.41 Å². The SMILES string of the molecule is Cc1ccc(-c2nc(-c3ccc(C)cc3)nc(-c3ccc(-c4cccc5c4Oc4c(-c6ccc(-c7nc(-c8ccc(C)cc8)nc(-c8ccc(C)cc8)n7)cc6)cccc4C5(C)C)cc3)n2)cc1. The third-order valence-corrected chi connectivity index (χ3v) is 13.0. The van der Waals surface area contributed by atoms with Crippen molar-refractivity contribution in [2.75, 3.05) is 0 Å². The first-order valence-corrected chi connectivity index (χ1v) is 23.0. The molecule has 0 bridgehead atoms. The van der Waals surface area contributed by atoms with Crippen LogP contribution in [0.3, 0.4) is 0 Å². The molecule has 0 N–H and O–H groups in total. The molecule has 7 nitrogen and oxygen atoms in total. The minimum Gasteiger partial charge on any atom is -0.455 e. The van der Waals surface area contributed by atoms with Crippen molar-refractivity contribution in [3.05, 3.63) is 215 Å². The highest BCUT2D eigenvalue weighted by Crippen LogP contribution is 2.54. The van der Waals surface area contributed by atoms with Gasteiger partial charge in [0.25, 0.3) is 0 Å². The molecule has 1 aliphatic rings. The Hall–Kier alpha value is -8.42. The van der Waals surface area contributed by atoms with Gasteiger partial charge in [0.2, 0.25) is 0 Å². The molecule has 0 saturated heterocycles. The molecule has 68 heavy (non-hydrogen) atoms. The summed E-state index contributed by atoms with van der Waals surface area (Å²) in [5, 5.41) is 0. The number of nitrogens with zero attached hydrogens (tertiary/aromatic N) is 6. The molecule has 8 aromatic carbocycles. The molecule has 0 atom stereocenters. The first-order valence-electron chi connectivity index (χ1n) is 23.0. The van der Waals surface area contributed by atoms with Crippen molar-refractivity contribution in [3.63, 3.8) is 0 Å². The number of aryl methyl sites for hydroxylation is 4. The fourth-order valence-electron chi connectivity index (χ4n) is 8.91. The first-order chi connectivity index (χ1) is 33.0. The van der Waals surface area contributed by atoms with Crippen LogP contribution >= 0.6 is 0 Å². The third kappa shape index (κ3) is 8.02. The largest absolute Gasteiger partial charge is 0.455 e. The second kappa shape index (κ2) is 17.1. The summed E-state index contributed by atoms with van der Waals surface area (Å²) in [6, 6.07) is 63.1. The number of hydrogen-bond donors (Lipinski definition) is 0. The summed E-state index contributed by atoms with van der Waals surface area (Å²) >= 11 is 0. The van der Waals surface area contributed by atoms with E-state index >= 15 is 0 Å². The lowest BCUT2D eigenvalue weighted by Crippen LogP contribution is -2.25. The van der Waals surface area contributed by atoms with Crippen molar-refractivity contribution in [1.29, 1.82) is 0 Å². The van der Waals surface area contributed by atoms with E-state index in [9.17, 15) is 0 Å². The third-order valence-electron chi connectivity index (χ3n) is 13.0. The lowest BCUT2D eigenvalue weighted by Gasteiger charge is -2.36. The van der Waals surface area contributed by atoms with Crippen molar-refractivity contribution < 1.29 is 4.74 Å². The number of rotatable bonds is 8. The van der Waals surface area contributed by atoms with E-state index in [-0.39, 0.29) is 5.41 Å². The van der Waals surface area contributed by atoms with Crippen LogP contribution in [0.4, 0.5) is 0 Å². The summed E-state index contributed by atoms with van der Waals surface area (Å²) < 4.78 is 7.14. The molecule has 0 unspecified atom stereocenters. The highest BCUT2D eigenvalue weighted by molar-refractivity contribution is 5.82. The predicted octanol–water partition coefficient (Wildman–Crippen LogP) is 15.1. The number of aromatic nitrogens is 6. The van der Waals surface area contributed by atoms with E-state index < -0.39 is 0 Å². The average Bonchev–Trinajstić information content (AvgIpc) is 3.37. The van der Waals surface area contributed by atoms with Crippen LogP contribution in [0.2, 0.25) is 0 Å². The van der Waals surface area contributed by atoms with E-state index in [4.69, 9.17) is 34.6 Å². The van der Waals surface area contributed by atoms with Crippen molar-refractivity contribution >= 4 is 0 Å². The summed E-state index contributed by atoms with van der Waals surface area (Å²) in [5.41, 5.74) is 16.3. The van der Waals surface area contributed by atoms with Crippen LogP contribution < -0.4 is 4.74 Å². The van der Waals surface area contributed by atoms with E-state index in [1.54, 1.807) is 0 Å². The molecule has 0 aliphatic carbocycles. The number of para-hydroxylation sites is 2. The number of ether oxygens (including phenoxy) is 1. The van der Waals surface area contributed by atoms with Gasteiger partial charge in [-0.15, -0.1) is 0 Å². The Kier molecular flexibility index (Phi) is 10.6. The second-order valence-electron chi connectivity index (χ2n) is 18.3. The maximum absolute atomic E-state index is 7.14. The summed E-state index contributed by atoms with van der Waals surface area (Å²) in [6.45, 7) is 12.9. The van der Waals surface area contributed by atoms with Gasteiger partial charge in [0.1, 0.15) is 11.5 Å². The second-order valence-corrected chi connectivity index (χ2v) is 18.3. The smallest absolute Gasteiger partial charge is 0.164 e. The zero-order valence-electron chi connectivity index (χ0n) is 38.9. The number of hydrogen-bond acceptors (Lipinski definition) is 7. The van der Waals surface area contributed by atoms with Crippen LogP contribution in [0.1, 0.15) is 47.2 Å². The van der Waals surface area contributed by atoms with Gasteiger partial charge in [0, 0.05) is 61.0 Å². The van der Waals surface area contributed by atoms with E-state index in [0.717, 1.165) is 78.3 Å². The van der Waals surface area contributed by atoms with E-state index in [0.29, 0.717) is 34.9 Å². The average molecular weight is 881 g/mol. The van der Waals surface area contributed by atoms with E-state index in [1.807, 2.05) is 0 Å². The fourth-order valence-corrected chi connectivity index (χ4v) is 8.91. The molecular formula is C61H48N6O. The Bertz CT molecular complexity index is 3130. The van der Waals surface area contributed by atoms with Gasteiger partial charge < -0.3 is 4.74 Å². The van der Waals surface area contributed by atoms with Gasteiger partial charge in [0.15, 0.2) is 34.9 Å². The van der Waals surface area contributed by atoms with Gasteiger partial charge in [-0.3, -0.25) is 0 Å². The molecule has 11 rings (SSSR count). The number of fused-ring (bicyclic) bond motifs is 2. The fraction of sp³-hybridized carbons (Fsp3) is 0.115. The lowest BCUT2D eigenvalue weighted by atomic mass is 9.74. The standard InChI is InChI=1S/C61H48N6O/c1-37-13-21-43(22-14-37)55-62-56(44-23-15-38(2)16-24-44)65-59(64-55)47-33-29-41(30-34-47)49-9-7-11-51-53(49)68-54-50(10-8-12-52(54)61(51,5)6)42-31-35-48(36-32-42)60-66-57(45-25-17-39(3)18-26-45)63-58(67-60)46-27-19-40(4)20-28-46/h7-36H,1-6H3. The van der Waals surface area contributed by atoms with Crippen molar-refractivity contribution in [1.82, 2.24) is 29.9 Å². The normalized spacial score (nSPS) is 12.5. The molecular weight excluding hydrogens is 833 g/mol. The van der Waals surface area contributed by atoms with Gasteiger partial charge in [-0.25, -0.2) is 29.9 Å². The minimum absolute atomic E-state index is 0.345. The van der Waals surface area contributed by atoms with Gasteiger partial charge in [-0.2, -0.15) is 0 Å². The minimum atomic E-state index is -0.345. The zero-order valence-corrected chi connectivity index (χ0v) is 38.9. The predicted molar refractivity (Wildman–Crippen MR) is 274 cm³/mol. The molecule has 0 radical (unpaired) electrons. The monoisotopic (exact) mass is 880 g/mol. The molecule has 3 heterocycles. The molecule has 7 heteroatoms. The Morgan fingerprint density at radius 3 is 0.750 bits per heavy atom. The van der Waals surface area contributed by atoms with Crippen molar-refractivity contribution in [2.45, 2.75) is 47.0 Å². The Morgan fingerprint density at radius 1 is 0.279 bits per heavy atom.